The zero-order valence-electron chi connectivity index (χ0n) is 4.35. The Balaban J connectivity index is 3.49. The van der Waals surface area contributed by atoms with E-state index in [0.717, 1.165) is 0 Å². The zero-order valence-corrected chi connectivity index (χ0v) is 5.11. The Hall–Kier alpha value is -0.340. The summed E-state index contributed by atoms with van der Waals surface area (Å²) in [7, 11) is 0. The second-order valence-corrected chi connectivity index (χ2v) is 1.76. The number of hydrogen-bond donors (Lipinski definition) is 1. The number of allylic oxidation sites excluding steroid dienone is 1. The molecule has 0 saturated heterocycles. The molecule has 0 unspecified atom stereocenters. The average Bonchev–Trinajstić information content (AvgIpc) is 1.67. The van der Waals surface area contributed by atoms with E-state index in [9.17, 15) is 4.79 Å². The Morgan fingerprint density at radius 1 is 1.75 bits per heavy atom. The number of hydrogen-bond acceptors (Lipinski definition) is 2. The minimum Gasteiger partial charge on any atom is -0.396 e. The molecule has 0 rings (SSSR count). The van der Waals surface area contributed by atoms with Gasteiger partial charge < -0.3 is 5.11 Å². The van der Waals surface area contributed by atoms with E-state index < -0.39 is 0 Å². The molecule has 8 heavy (non-hydrogen) atoms. The van der Waals surface area contributed by atoms with Crippen molar-refractivity contribution in [2.45, 2.75) is 6.42 Å². The molecule has 2 nitrogen and oxygen atoms in total. The second-order valence-electron chi connectivity index (χ2n) is 1.30. The summed E-state index contributed by atoms with van der Waals surface area (Å²) in [5, 5.41) is 8.15. The van der Waals surface area contributed by atoms with Crippen LogP contribution < -0.4 is 0 Å². The molecule has 46 valence electrons. The number of aliphatic hydroxyl groups excluding tert-OH is 1. The lowest BCUT2D eigenvalue weighted by Crippen LogP contribution is -1.98. The molecule has 0 aliphatic carbocycles. The predicted octanol–water partition coefficient (Wildman–Crippen LogP) is 0.690. The van der Waals surface area contributed by atoms with Crippen molar-refractivity contribution in [3.8, 4) is 0 Å². The van der Waals surface area contributed by atoms with Crippen molar-refractivity contribution in [1.29, 1.82) is 0 Å². The molecular weight excluding hydrogens is 128 g/mol. The predicted molar refractivity (Wildman–Crippen MR) is 31.7 cm³/mol. The first-order valence-corrected chi connectivity index (χ1v) is 2.54. The quantitative estimate of drug-likeness (QED) is 0.577. The number of Topliss-reactive ketones (excluding diaryl/α,β-unsaturated/α-hetero) is 1. The third-order valence-corrected chi connectivity index (χ3v) is 0.852. The third-order valence-electron chi connectivity index (χ3n) is 0.641. The highest BCUT2D eigenvalue weighted by atomic mass is 35.5. The number of halogens is 1. The molecule has 0 aliphatic rings. The van der Waals surface area contributed by atoms with Gasteiger partial charge in [-0.15, -0.1) is 0 Å². The maximum absolute atomic E-state index is 10.4. The van der Waals surface area contributed by atoms with Crippen LogP contribution in [0.3, 0.4) is 0 Å². The Morgan fingerprint density at radius 2 is 2.25 bits per heavy atom. The number of ketones is 1. The lowest BCUT2D eigenvalue weighted by atomic mass is 10.3. The van der Waals surface area contributed by atoms with Gasteiger partial charge in [0, 0.05) is 6.42 Å². The van der Waals surface area contributed by atoms with Crippen LogP contribution in [0, 0.1) is 0 Å². The van der Waals surface area contributed by atoms with Gasteiger partial charge in [0.25, 0.3) is 0 Å². The van der Waals surface area contributed by atoms with Crippen molar-refractivity contribution >= 4 is 17.4 Å². The number of carbonyl (C=O) groups is 1. The summed E-state index contributed by atoms with van der Waals surface area (Å²) in [6.07, 6.45) is 0.0718. The van der Waals surface area contributed by atoms with Crippen molar-refractivity contribution in [3.63, 3.8) is 0 Å². The third kappa shape index (κ3) is 2.77. The normalized spacial score (nSPS) is 8.75. The summed E-state index contributed by atoms with van der Waals surface area (Å²) in [4.78, 5) is 10.4. The van der Waals surface area contributed by atoms with Gasteiger partial charge >= 0.3 is 0 Å². The molecule has 0 aromatic rings. The summed E-state index contributed by atoms with van der Waals surface area (Å²) in [5.74, 6) is -0.297. The van der Waals surface area contributed by atoms with Crippen LogP contribution in [-0.4, -0.2) is 17.5 Å². The molecule has 0 aliphatic heterocycles. The van der Waals surface area contributed by atoms with Gasteiger partial charge in [-0.2, -0.15) is 0 Å². The molecule has 0 saturated carbocycles. The molecule has 0 heterocycles. The van der Waals surface area contributed by atoms with Gasteiger partial charge in [-0.05, 0) is 0 Å². The Morgan fingerprint density at radius 3 is 2.38 bits per heavy atom. The van der Waals surface area contributed by atoms with Crippen LogP contribution in [0.4, 0.5) is 0 Å². The number of rotatable bonds is 3. The summed E-state index contributed by atoms with van der Waals surface area (Å²) in [5.41, 5.74) is 0. The summed E-state index contributed by atoms with van der Waals surface area (Å²) < 4.78 is 0. The fraction of sp³-hybridized carbons (Fsp3) is 0.400. The van der Waals surface area contributed by atoms with E-state index in [1.54, 1.807) is 0 Å². The zero-order chi connectivity index (χ0) is 6.57. The van der Waals surface area contributed by atoms with Crippen LogP contribution in [0.5, 0.6) is 0 Å². The summed E-state index contributed by atoms with van der Waals surface area (Å²) in [6.45, 7) is 3.02. The van der Waals surface area contributed by atoms with E-state index in [-0.39, 0.29) is 23.8 Å². The van der Waals surface area contributed by atoms with Gasteiger partial charge in [0.1, 0.15) is 0 Å². The Bertz CT molecular complexity index is 109. The molecule has 3 heteroatoms. The first-order valence-electron chi connectivity index (χ1n) is 2.17. The Labute approximate surface area is 52.8 Å². The Kier molecular flexibility index (Phi) is 3.48. The van der Waals surface area contributed by atoms with E-state index >= 15 is 0 Å². The van der Waals surface area contributed by atoms with Crippen LogP contribution in [0.1, 0.15) is 6.42 Å². The molecule has 0 spiro atoms. The van der Waals surface area contributed by atoms with Gasteiger partial charge in [0.2, 0.25) is 0 Å². The van der Waals surface area contributed by atoms with Gasteiger partial charge in [0.05, 0.1) is 11.6 Å². The molecular formula is C5H7ClO2. The van der Waals surface area contributed by atoms with E-state index in [2.05, 4.69) is 6.58 Å². The van der Waals surface area contributed by atoms with E-state index in [1.807, 2.05) is 0 Å². The van der Waals surface area contributed by atoms with Gasteiger partial charge in [0.15, 0.2) is 5.78 Å². The fourth-order valence-corrected chi connectivity index (χ4v) is 0.332. The van der Waals surface area contributed by atoms with Crippen LogP contribution in [0.2, 0.25) is 0 Å². The van der Waals surface area contributed by atoms with E-state index in [0.29, 0.717) is 0 Å². The molecule has 0 radical (unpaired) electrons. The minimum absolute atomic E-state index is 0.0148. The molecule has 0 amide bonds. The lowest BCUT2D eigenvalue weighted by molar-refractivity contribution is -0.115. The minimum atomic E-state index is -0.297. The highest BCUT2D eigenvalue weighted by molar-refractivity contribution is 6.42. The van der Waals surface area contributed by atoms with Gasteiger partial charge in [-0.25, -0.2) is 0 Å². The molecule has 0 aromatic heterocycles. The van der Waals surface area contributed by atoms with Gasteiger partial charge in [-0.3, -0.25) is 4.79 Å². The van der Waals surface area contributed by atoms with Crippen LogP contribution in [0.25, 0.3) is 0 Å². The lowest BCUT2D eigenvalue weighted by Gasteiger charge is -1.89. The van der Waals surface area contributed by atoms with Crippen molar-refractivity contribution in [3.05, 3.63) is 11.6 Å². The van der Waals surface area contributed by atoms with Crippen LogP contribution in [-0.2, 0) is 4.79 Å². The monoisotopic (exact) mass is 134 g/mol. The number of carbonyl (C=O) groups excluding carboxylic acids is 1. The molecule has 0 atom stereocenters. The van der Waals surface area contributed by atoms with E-state index in [1.165, 1.54) is 0 Å². The SMILES string of the molecule is C=C(Cl)C(=O)CCO. The topological polar surface area (TPSA) is 37.3 Å². The molecule has 0 bridgehead atoms. The van der Waals surface area contributed by atoms with Crippen LogP contribution in [0.15, 0.2) is 11.6 Å². The molecule has 0 fully saturated rings. The van der Waals surface area contributed by atoms with Crippen molar-refractivity contribution in [2.24, 2.45) is 0 Å². The largest absolute Gasteiger partial charge is 0.396 e. The highest BCUT2D eigenvalue weighted by Gasteiger charge is 2.00. The molecule has 0 aromatic carbocycles. The first kappa shape index (κ1) is 7.66. The number of aliphatic hydroxyl groups is 1. The fourth-order valence-electron chi connectivity index (χ4n) is 0.237. The van der Waals surface area contributed by atoms with Crippen molar-refractivity contribution < 1.29 is 9.90 Å². The van der Waals surface area contributed by atoms with Crippen LogP contribution >= 0.6 is 11.6 Å². The molecule has 1 N–H and O–H groups in total. The van der Waals surface area contributed by atoms with Crippen molar-refractivity contribution in [2.75, 3.05) is 6.61 Å². The summed E-state index contributed by atoms with van der Waals surface area (Å²) >= 11 is 5.15. The van der Waals surface area contributed by atoms with Crippen molar-refractivity contribution in [1.82, 2.24) is 0 Å². The van der Waals surface area contributed by atoms with Gasteiger partial charge in [-0.1, -0.05) is 18.2 Å². The second kappa shape index (κ2) is 3.64. The highest BCUT2D eigenvalue weighted by Crippen LogP contribution is 2.00. The average molecular weight is 135 g/mol. The maximum Gasteiger partial charge on any atom is 0.175 e. The summed E-state index contributed by atoms with van der Waals surface area (Å²) in [6, 6.07) is 0. The first-order chi connectivity index (χ1) is 3.68. The standard InChI is InChI=1S/C5H7ClO2/c1-4(6)5(8)2-3-7/h7H,1-3H2. The smallest absolute Gasteiger partial charge is 0.175 e. The van der Waals surface area contributed by atoms with E-state index in [4.69, 9.17) is 16.7 Å². The maximum atomic E-state index is 10.4.